The van der Waals surface area contributed by atoms with Crippen LogP contribution in [0.3, 0.4) is 0 Å². The molecule has 4 rings (SSSR count). The molecule has 0 radical (unpaired) electrons. The highest BCUT2D eigenvalue weighted by Crippen LogP contribution is 2.24. The summed E-state index contributed by atoms with van der Waals surface area (Å²) in [7, 11) is 0. The van der Waals surface area contributed by atoms with E-state index < -0.39 is 11.3 Å². The van der Waals surface area contributed by atoms with Crippen molar-refractivity contribution in [3.05, 3.63) is 95.6 Å². The summed E-state index contributed by atoms with van der Waals surface area (Å²) in [5.74, 6) is 1.44. The molecule has 1 saturated heterocycles. The maximum atomic E-state index is 13.0. The van der Waals surface area contributed by atoms with Crippen LogP contribution in [0.1, 0.15) is 43.4 Å². The molecule has 1 aliphatic rings. The van der Waals surface area contributed by atoms with E-state index in [1.807, 2.05) is 73.3 Å². The number of carbonyl (C=O) groups excluding carboxylic acids is 1. The van der Waals surface area contributed by atoms with Crippen LogP contribution in [-0.4, -0.2) is 49.8 Å². The molecule has 8 nitrogen and oxygen atoms in total. The second-order valence-corrected chi connectivity index (χ2v) is 10.9. The normalized spacial score (nSPS) is 15.2. The highest BCUT2D eigenvalue weighted by Gasteiger charge is 2.28. The van der Waals surface area contributed by atoms with Gasteiger partial charge in [-0.25, -0.2) is 9.52 Å². The van der Waals surface area contributed by atoms with Crippen LogP contribution in [0.15, 0.2) is 78.9 Å². The molecular formula is C30H37N4O4S-. The lowest BCUT2D eigenvalue weighted by Crippen LogP contribution is -2.51. The number of nitrogens with one attached hydrogen (secondary N) is 2. The second kappa shape index (κ2) is 14.2. The molecule has 2 amide bonds. The lowest BCUT2D eigenvalue weighted by Gasteiger charge is -2.39. The minimum atomic E-state index is -2.28. The minimum Gasteiger partial charge on any atom is -0.760 e. The number of nitrogens with zero attached hydrogens (tertiary/aromatic N) is 2. The molecule has 3 aromatic carbocycles. The van der Waals surface area contributed by atoms with Gasteiger partial charge in [0.1, 0.15) is 11.5 Å². The van der Waals surface area contributed by atoms with Gasteiger partial charge < -0.3 is 19.5 Å². The van der Waals surface area contributed by atoms with E-state index >= 15 is 0 Å². The molecule has 0 saturated carbocycles. The molecular weight excluding hydrogens is 512 g/mol. The van der Waals surface area contributed by atoms with Gasteiger partial charge in [-0.1, -0.05) is 54.6 Å². The van der Waals surface area contributed by atoms with Gasteiger partial charge in [-0.2, -0.15) is 0 Å². The third-order valence-electron chi connectivity index (χ3n) is 6.75. The van der Waals surface area contributed by atoms with Crippen molar-refractivity contribution >= 4 is 17.3 Å². The number of rotatable bonds is 11. The fourth-order valence-corrected chi connectivity index (χ4v) is 5.03. The van der Waals surface area contributed by atoms with Gasteiger partial charge in [-0.3, -0.25) is 9.11 Å². The van der Waals surface area contributed by atoms with E-state index in [-0.39, 0.29) is 24.7 Å². The lowest BCUT2D eigenvalue weighted by atomic mass is 10.0. The number of likely N-dealkylation sites (tertiary alicyclic amines) is 1. The molecule has 1 fully saturated rings. The Morgan fingerprint density at radius 3 is 2.10 bits per heavy atom. The summed E-state index contributed by atoms with van der Waals surface area (Å²) < 4.78 is 29.6. The largest absolute Gasteiger partial charge is 0.760 e. The highest BCUT2D eigenvalue weighted by molar-refractivity contribution is 7.77. The number of carbonyl (C=O) groups is 1. The predicted molar refractivity (Wildman–Crippen MR) is 153 cm³/mol. The van der Waals surface area contributed by atoms with Crippen LogP contribution < -0.4 is 14.8 Å². The van der Waals surface area contributed by atoms with Gasteiger partial charge in [0, 0.05) is 56.1 Å². The Kier molecular flexibility index (Phi) is 10.5. The summed E-state index contributed by atoms with van der Waals surface area (Å²) in [4.78, 5) is 17.5. The van der Waals surface area contributed by atoms with Crippen molar-refractivity contribution in [3.8, 4) is 11.5 Å². The third kappa shape index (κ3) is 9.18. The van der Waals surface area contributed by atoms with Crippen molar-refractivity contribution in [3.63, 3.8) is 0 Å². The SMILES string of the molecule is CC(C)NC(=O)N(Cc1ccccc1)C1CCN(Cc2ccc(Oc3ccc(CNS(=O)[O-])cc3)cc2)CC1. The number of ether oxygens (including phenoxy) is 1. The first-order valence-electron chi connectivity index (χ1n) is 13.4. The summed E-state index contributed by atoms with van der Waals surface area (Å²) in [6.45, 7) is 7.58. The van der Waals surface area contributed by atoms with Gasteiger partial charge in [0.25, 0.3) is 0 Å². The standard InChI is InChI=1S/C30H38N4O4S/c1-23(2)32-30(35)34(22-25-6-4-3-5-7-25)27-16-18-33(19-17-27)21-26-10-14-29(15-11-26)38-28-12-8-24(9-13-28)20-31-39(36)37/h3-15,23,27,31H,16-22H2,1-2H3,(H,32,35)(H,36,37)/p-1. The zero-order valence-electron chi connectivity index (χ0n) is 22.5. The van der Waals surface area contributed by atoms with E-state index in [9.17, 15) is 13.6 Å². The van der Waals surface area contributed by atoms with E-state index in [1.165, 1.54) is 5.56 Å². The van der Waals surface area contributed by atoms with Crippen LogP contribution in [0.25, 0.3) is 0 Å². The fraction of sp³-hybridized carbons (Fsp3) is 0.367. The first kappa shape index (κ1) is 28.8. The molecule has 1 aliphatic heterocycles. The zero-order valence-corrected chi connectivity index (χ0v) is 23.4. The Morgan fingerprint density at radius 2 is 1.54 bits per heavy atom. The van der Waals surface area contributed by atoms with Gasteiger partial charge in [-0.05, 0) is 67.6 Å². The highest BCUT2D eigenvalue weighted by atomic mass is 32.2. The van der Waals surface area contributed by atoms with Crippen LogP contribution in [-0.2, 0) is 30.9 Å². The van der Waals surface area contributed by atoms with Crippen molar-refractivity contribution in [2.75, 3.05) is 13.1 Å². The minimum absolute atomic E-state index is 0.00749. The van der Waals surface area contributed by atoms with Crippen molar-refractivity contribution in [1.82, 2.24) is 19.8 Å². The molecule has 0 bridgehead atoms. The Hall–Kier alpha value is -3.24. The van der Waals surface area contributed by atoms with Crippen molar-refractivity contribution in [2.45, 2.75) is 58.4 Å². The Balaban J connectivity index is 1.28. The lowest BCUT2D eigenvalue weighted by molar-refractivity contribution is 0.112. The second-order valence-electron chi connectivity index (χ2n) is 10.2. The Labute approximate surface area is 233 Å². The van der Waals surface area contributed by atoms with Gasteiger partial charge >= 0.3 is 6.03 Å². The van der Waals surface area contributed by atoms with Gasteiger partial charge in [-0.15, -0.1) is 0 Å². The fourth-order valence-electron chi connectivity index (χ4n) is 4.74. The van der Waals surface area contributed by atoms with Crippen molar-refractivity contribution in [1.29, 1.82) is 0 Å². The van der Waals surface area contributed by atoms with E-state index in [1.54, 1.807) is 0 Å². The molecule has 0 spiro atoms. The quantitative estimate of drug-likeness (QED) is 0.330. The topological polar surface area (TPSA) is 97.0 Å². The molecule has 39 heavy (non-hydrogen) atoms. The van der Waals surface area contributed by atoms with Gasteiger partial charge in [0.2, 0.25) is 0 Å². The van der Waals surface area contributed by atoms with Gasteiger partial charge in [0.15, 0.2) is 0 Å². The molecule has 1 unspecified atom stereocenters. The molecule has 1 atom stereocenters. The monoisotopic (exact) mass is 549 g/mol. The van der Waals surface area contributed by atoms with Crippen LogP contribution in [0.5, 0.6) is 11.5 Å². The van der Waals surface area contributed by atoms with Gasteiger partial charge in [0.05, 0.1) is 0 Å². The molecule has 0 aromatic heterocycles. The first-order valence-corrected chi connectivity index (χ1v) is 14.4. The summed E-state index contributed by atoms with van der Waals surface area (Å²) in [6, 6.07) is 25.9. The maximum absolute atomic E-state index is 13.0. The molecule has 9 heteroatoms. The summed E-state index contributed by atoms with van der Waals surface area (Å²) in [5, 5.41) is 3.08. The van der Waals surface area contributed by atoms with E-state index in [0.29, 0.717) is 12.3 Å². The van der Waals surface area contributed by atoms with Crippen LogP contribution in [0.4, 0.5) is 4.79 Å². The summed E-state index contributed by atoms with van der Waals surface area (Å²) in [6.07, 6.45) is 1.88. The van der Waals surface area contributed by atoms with Crippen molar-refractivity contribution < 1.29 is 18.3 Å². The summed E-state index contributed by atoms with van der Waals surface area (Å²) in [5.41, 5.74) is 3.21. The summed E-state index contributed by atoms with van der Waals surface area (Å²) >= 11 is -2.28. The Bertz CT molecular complexity index is 1200. The molecule has 3 aromatic rings. The molecule has 0 aliphatic carbocycles. The van der Waals surface area contributed by atoms with Crippen molar-refractivity contribution in [2.24, 2.45) is 0 Å². The number of urea groups is 1. The van der Waals surface area contributed by atoms with E-state index in [2.05, 4.69) is 39.2 Å². The number of amides is 2. The molecule has 1 heterocycles. The average Bonchev–Trinajstić information content (AvgIpc) is 2.93. The number of hydrogen-bond donors (Lipinski definition) is 2. The number of piperidine rings is 1. The number of hydrogen-bond acceptors (Lipinski definition) is 5. The van der Waals surface area contributed by atoms with Crippen LogP contribution in [0.2, 0.25) is 0 Å². The first-order chi connectivity index (χ1) is 18.9. The number of benzene rings is 3. The third-order valence-corrected chi connectivity index (χ3v) is 7.13. The smallest absolute Gasteiger partial charge is 0.318 e. The van der Waals surface area contributed by atoms with E-state index in [4.69, 9.17) is 4.74 Å². The Morgan fingerprint density at radius 1 is 0.949 bits per heavy atom. The average molecular weight is 550 g/mol. The zero-order chi connectivity index (χ0) is 27.6. The van der Waals surface area contributed by atoms with Crippen LogP contribution in [0, 0.1) is 0 Å². The predicted octanol–water partition coefficient (Wildman–Crippen LogP) is 4.95. The molecule has 208 valence electrons. The van der Waals surface area contributed by atoms with Crippen LogP contribution >= 0.6 is 0 Å². The maximum Gasteiger partial charge on any atom is 0.318 e. The van der Waals surface area contributed by atoms with E-state index in [0.717, 1.165) is 49.4 Å². The molecule has 2 N–H and O–H groups in total.